The number of rotatable bonds is 6. The summed E-state index contributed by atoms with van der Waals surface area (Å²) < 4.78 is 22.4. The number of carbonyl (C=O) groups excluding carboxylic acids is 1. The lowest BCUT2D eigenvalue weighted by molar-refractivity contribution is 0.0998. The van der Waals surface area contributed by atoms with E-state index in [0.29, 0.717) is 34.5 Å². The van der Waals surface area contributed by atoms with Crippen LogP contribution < -0.4 is 14.8 Å². The molecule has 0 atom stereocenters. The maximum absolute atomic E-state index is 12.7. The Morgan fingerprint density at radius 3 is 2.87 bits per heavy atom. The molecule has 8 heteroatoms. The van der Waals surface area contributed by atoms with E-state index in [2.05, 4.69) is 10.3 Å². The minimum Gasteiger partial charge on any atom is -0.494 e. The lowest BCUT2D eigenvalue weighted by atomic mass is 10.2. The van der Waals surface area contributed by atoms with E-state index in [1.54, 1.807) is 19.2 Å². The summed E-state index contributed by atoms with van der Waals surface area (Å²) in [7, 11) is 1.56. The van der Waals surface area contributed by atoms with Crippen molar-refractivity contribution in [3.8, 4) is 23.0 Å². The minimum atomic E-state index is -0.384. The summed E-state index contributed by atoms with van der Waals surface area (Å²) in [6.07, 6.45) is 0. The van der Waals surface area contributed by atoms with Gasteiger partial charge in [-0.15, -0.1) is 11.3 Å². The highest BCUT2D eigenvalue weighted by Gasteiger charge is 2.17. The summed E-state index contributed by atoms with van der Waals surface area (Å²) in [6, 6.07) is 14.7. The van der Waals surface area contributed by atoms with Crippen molar-refractivity contribution in [1.82, 2.24) is 4.98 Å². The smallest absolute Gasteiger partial charge is 0.293 e. The molecule has 0 aliphatic carbocycles. The van der Waals surface area contributed by atoms with Crippen molar-refractivity contribution in [1.29, 1.82) is 0 Å². The normalized spacial score (nSPS) is 11.2. The predicted octanol–water partition coefficient (Wildman–Crippen LogP) is 5.96. The van der Waals surface area contributed by atoms with Crippen molar-refractivity contribution in [2.45, 2.75) is 6.92 Å². The average molecular weight is 434 g/mol. The summed E-state index contributed by atoms with van der Waals surface area (Å²) in [5.74, 6) is 1.78. The summed E-state index contributed by atoms with van der Waals surface area (Å²) in [6.45, 7) is 2.54. The van der Waals surface area contributed by atoms with Gasteiger partial charge in [-0.25, -0.2) is 4.98 Å². The minimum absolute atomic E-state index is 0.184. The van der Waals surface area contributed by atoms with Crippen molar-refractivity contribution in [3.05, 3.63) is 59.7 Å². The number of fused-ring (bicyclic) bond motifs is 2. The first-order chi connectivity index (χ1) is 15.1. The Morgan fingerprint density at radius 1 is 1.13 bits per heavy atom. The summed E-state index contributed by atoms with van der Waals surface area (Å²) in [5, 5.41) is 6.77. The van der Waals surface area contributed by atoms with Gasteiger partial charge >= 0.3 is 0 Å². The maximum Gasteiger partial charge on any atom is 0.293 e. The van der Waals surface area contributed by atoms with Crippen LogP contribution >= 0.6 is 11.3 Å². The van der Waals surface area contributed by atoms with Crippen molar-refractivity contribution in [2.24, 2.45) is 0 Å². The molecule has 3 heterocycles. The molecule has 0 aliphatic rings. The van der Waals surface area contributed by atoms with Gasteiger partial charge < -0.3 is 18.3 Å². The quantitative estimate of drug-likeness (QED) is 0.355. The predicted molar refractivity (Wildman–Crippen MR) is 119 cm³/mol. The van der Waals surface area contributed by atoms with E-state index < -0.39 is 0 Å². The molecule has 0 spiro atoms. The van der Waals surface area contributed by atoms with Gasteiger partial charge in [0.15, 0.2) is 28.0 Å². The van der Waals surface area contributed by atoms with Crippen LogP contribution in [0.4, 0.5) is 5.13 Å². The molecule has 7 nitrogen and oxygen atoms in total. The number of hydrogen-bond donors (Lipinski definition) is 1. The number of hydrogen-bond acceptors (Lipinski definition) is 7. The van der Waals surface area contributed by atoms with Crippen LogP contribution in [0.25, 0.3) is 33.4 Å². The second-order valence-electron chi connectivity index (χ2n) is 6.72. The molecule has 0 unspecified atom stereocenters. The van der Waals surface area contributed by atoms with Gasteiger partial charge in [0, 0.05) is 16.2 Å². The Labute approximate surface area is 181 Å². The fraction of sp³-hybridized carbons (Fsp3) is 0.130. The monoisotopic (exact) mass is 434 g/mol. The molecule has 0 radical (unpaired) electrons. The van der Waals surface area contributed by atoms with Crippen LogP contribution in [0.15, 0.2) is 62.7 Å². The first-order valence-electron chi connectivity index (χ1n) is 9.65. The number of methoxy groups -OCH3 is 1. The number of benzene rings is 2. The van der Waals surface area contributed by atoms with Crippen LogP contribution in [0.1, 0.15) is 17.5 Å². The number of anilines is 1. The highest BCUT2D eigenvalue weighted by molar-refractivity contribution is 7.14. The number of amides is 1. The Morgan fingerprint density at radius 2 is 2.03 bits per heavy atom. The molecule has 5 aromatic rings. The van der Waals surface area contributed by atoms with Crippen molar-refractivity contribution >= 4 is 44.3 Å². The van der Waals surface area contributed by atoms with Crippen molar-refractivity contribution in [2.75, 3.05) is 19.0 Å². The Bertz CT molecular complexity index is 1400. The van der Waals surface area contributed by atoms with Crippen LogP contribution in [0.3, 0.4) is 0 Å². The molecule has 1 N–H and O–H groups in total. The fourth-order valence-corrected chi connectivity index (χ4v) is 4.01. The molecule has 0 fully saturated rings. The number of para-hydroxylation sites is 1. The lowest BCUT2D eigenvalue weighted by Gasteiger charge is -2.00. The number of carbonyl (C=O) groups is 1. The topological polar surface area (TPSA) is 86.7 Å². The van der Waals surface area contributed by atoms with E-state index in [-0.39, 0.29) is 11.7 Å². The highest BCUT2D eigenvalue weighted by atomic mass is 32.1. The molecule has 0 bridgehead atoms. The first-order valence-corrected chi connectivity index (χ1v) is 10.5. The van der Waals surface area contributed by atoms with Gasteiger partial charge in [-0.2, -0.15) is 0 Å². The number of aromatic nitrogens is 1. The van der Waals surface area contributed by atoms with Crippen molar-refractivity contribution < 1.29 is 23.1 Å². The number of nitrogens with zero attached hydrogens (tertiary/aromatic N) is 1. The zero-order valence-electron chi connectivity index (χ0n) is 16.8. The Balaban J connectivity index is 1.37. The third-order valence-corrected chi connectivity index (χ3v) is 5.49. The molecule has 2 aromatic carbocycles. The SMILES string of the molecule is CCOc1ccc2oc(-c3csc(NC(=O)c4cc5cccc(OC)c5o4)n3)cc2c1. The summed E-state index contributed by atoms with van der Waals surface area (Å²) >= 11 is 1.31. The van der Waals surface area contributed by atoms with E-state index in [1.165, 1.54) is 11.3 Å². The zero-order valence-corrected chi connectivity index (χ0v) is 17.6. The molecular weight excluding hydrogens is 416 g/mol. The van der Waals surface area contributed by atoms with Gasteiger partial charge in [-0.05, 0) is 43.3 Å². The molecule has 31 heavy (non-hydrogen) atoms. The molecular formula is C23H18N2O5S. The van der Waals surface area contributed by atoms with Gasteiger partial charge in [0.1, 0.15) is 17.0 Å². The van der Waals surface area contributed by atoms with Crippen molar-refractivity contribution in [3.63, 3.8) is 0 Å². The average Bonchev–Trinajstić information content (AvgIpc) is 3.50. The van der Waals surface area contributed by atoms with Crippen LogP contribution in [0.2, 0.25) is 0 Å². The van der Waals surface area contributed by atoms with Gasteiger partial charge in [-0.1, -0.05) is 12.1 Å². The Kier molecular flexibility index (Phi) is 4.83. The third kappa shape index (κ3) is 3.62. The fourth-order valence-electron chi connectivity index (χ4n) is 3.32. The van der Waals surface area contributed by atoms with E-state index in [1.807, 2.05) is 48.7 Å². The Hall–Kier alpha value is -3.78. The first kappa shape index (κ1) is 19.2. The molecule has 0 saturated carbocycles. The lowest BCUT2D eigenvalue weighted by Crippen LogP contribution is -2.10. The number of furan rings is 2. The van der Waals surface area contributed by atoms with E-state index in [4.69, 9.17) is 18.3 Å². The van der Waals surface area contributed by atoms with Gasteiger partial charge in [-0.3, -0.25) is 10.1 Å². The summed E-state index contributed by atoms with van der Waals surface area (Å²) in [5.41, 5.74) is 1.91. The second kappa shape index (κ2) is 7.81. The zero-order chi connectivity index (χ0) is 21.4. The standard InChI is InChI=1S/C23H18N2O5S/c1-3-28-15-7-8-17-14(9-15)11-19(29-17)16-12-31-23(24-16)25-22(26)20-10-13-5-4-6-18(27-2)21(13)30-20/h4-12H,3H2,1-2H3,(H,24,25,26). The number of thiazole rings is 1. The third-order valence-electron chi connectivity index (χ3n) is 4.73. The van der Waals surface area contributed by atoms with Gasteiger partial charge in [0.2, 0.25) is 0 Å². The number of nitrogens with one attached hydrogen (secondary N) is 1. The largest absolute Gasteiger partial charge is 0.494 e. The molecule has 5 rings (SSSR count). The molecule has 3 aromatic heterocycles. The van der Waals surface area contributed by atoms with Crippen LogP contribution in [-0.4, -0.2) is 24.6 Å². The van der Waals surface area contributed by atoms with E-state index >= 15 is 0 Å². The maximum atomic E-state index is 12.7. The number of ether oxygens (including phenoxy) is 2. The van der Waals surface area contributed by atoms with Gasteiger partial charge in [0.05, 0.1) is 13.7 Å². The van der Waals surface area contributed by atoms with Gasteiger partial charge in [0.25, 0.3) is 5.91 Å². The summed E-state index contributed by atoms with van der Waals surface area (Å²) in [4.78, 5) is 17.1. The van der Waals surface area contributed by atoms with E-state index in [9.17, 15) is 4.79 Å². The molecule has 0 saturated heterocycles. The van der Waals surface area contributed by atoms with Crippen LogP contribution in [-0.2, 0) is 0 Å². The van der Waals surface area contributed by atoms with Crippen LogP contribution in [0, 0.1) is 0 Å². The van der Waals surface area contributed by atoms with Crippen LogP contribution in [0.5, 0.6) is 11.5 Å². The molecule has 1 amide bonds. The highest BCUT2D eigenvalue weighted by Crippen LogP contribution is 2.33. The molecule has 156 valence electrons. The molecule has 0 aliphatic heterocycles. The second-order valence-corrected chi connectivity index (χ2v) is 7.58. The van der Waals surface area contributed by atoms with E-state index in [0.717, 1.165) is 22.1 Å².